The lowest BCUT2D eigenvalue weighted by molar-refractivity contribution is -0.113. The molecule has 1 unspecified atom stereocenters. The van der Waals surface area contributed by atoms with Gasteiger partial charge in [0.1, 0.15) is 0 Å². The summed E-state index contributed by atoms with van der Waals surface area (Å²) in [5.41, 5.74) is 0.0597. The van der Waals surface area contributed by atoms with Crippen molar-refractivity contribution in [1.29, 1.82) is 0 Å². The first-order chi connectivity index (χ1) is 9.66. The van der Waals surface area contributed by atoms with Crippen molar-refractivity contribution >= 4 is 35.0 Å². The molecule has 1 fully saturated rings. The number of nitrogens with zero attached hydrogens (tertiary/aromatic N) is 1. The van der Waals surface area contributed by atoms with E-state index in [9.17, 15) is 9.18 Å². The number of carbonyl (C=O) groups excluding carboxylic acids is 1. The number of pyridine rings is 1. The molecule has 20 heavy (non-hydrogen) atoms. The predicted molar refractivity (Wildman–Crippen MR) is 78.8 cm³/mol. The lowest BCUT2D eigenvalue weighted by atomic mass is 10.1. The molecule has 1 saturated heterocycles. The van der Waals surface area contributed by atoms with Crippen LogP contribution in [0.15, 0.2) is 12.3 Å². The third-order valence-corrected chi connectivity index (χ3v) is 4.27. The third-order valence-electron chi connectivity index (χ3n) is 2.93. The van der Waals surface area contributed by atoms with Crippen LogP contribution in [-0.2, 0) is 9.53 Å². The Hall–Kier alpha value is -0.850. The summed E-state index contributed by atoms with van der Waals surface area (Å²) < 4.78 is 19.1. The van der Waals surface area contributed by atoms with Gasteiger partial charge >= 0.3 is 0 Å². The van der Waals surface area contributed by atoms with Crippen LogP contribution in [-0.4, -0.2) is 35.1 Å². The molecule has 1 atom stereocenters. The van der Waals surface area contributed by atoms with Crippen molar-refractivity contribution in [3.8, 4) is 0 Å². The summed E-state index contributed by atoms with van der Waals surface area (Å²) in [7, 11) is 0. The number of hydrogen-bond donors (Lipinski definition) is 1. The van der Waals surface area contributed by atoms with Crippen LogP contribution in [0.5, 0.6) is 0 Å². The summed E-state index contributed by atoms with van der Waals surface area (Å²) in [5, 5.41) is 2.24. The quantitative estimate of drug-likeness (QED) is 0.848. The first kappa shape index (κ1) is 15.5. The third kappa shape index (κ3) is 4.61. The molecule has 0 spiro atoms. The second kappa shape index (κ2) is 7.81. The second-order valence-corrected chi connectivity index (χ2v) is 5.90. The molecule has 2 heterocycles. The lowest BCUT2D eigenvalue weighted by Crippen LogP contribution is -2.23. The molecule has 110 valence electrons. The number of amides is 1. The molecule has 7 heteroatoms. The molecule has 2 rings (SSSR count). The van der Waals surface area contributed by atoms with Crippen LogP contribution in [0.25, 0.3) is 0 Å². The summed E-state index contributed by atoms with van der Waals surface area (Å²) in [6, 6.07) is 1.38. The maximum absolute atomic E-state index is 13.5. The zero-order valence-electron chi connectivity index (χ0n) is 10.9. The van der Waals surface area contributed by atoms with Gasteiger partial charge in [0.15, 0.2) is 11.0 Å². The van der Waals surface area contributed by atoms with Crippen LogP contribution < -0.4 is 5.32 Å². The SMILES string of the molecule is O=C(CSCC1CCCCO1)Nc1ccnc(Cl)c1F. The molecular weight excluding hydrogens is 303 g/mol. The van der Waals surface area contributed by atoms with Crippen LogP contribution in [0.3, 0.4) is 0 Å². The number of halogens is 2. The van der Waals surface area contributed by atoms with E-state index in [0.717, 1.165) is 25.2 Å². The number of nitrogens with one attached hydrogen (secondary N) is 1. The van der Waals surface area contributed by atoms with Gasteiger partial charge in [0, 0.05) is 18.6 Å². The monoisotopic (exact) mass is 318 g/mol. The van der Waals surface area contributed by atoms with Gasteiger partial charge in [-0.2, -0.15) is 0 Å². The van der Waals surface area contributed by atoms with Crippen molar-refractivity contribution < 1.29 is 13.9 Å². The second-order valence-electron chi connectivity index (χ2n) is 4.52. The summed E-state index contributed by atoms with van der Waals surface area (Å²) in [4.78, 5) is 15.3. The molecule has 1 aromatic rings. The fraction of sp³-hybridized carbons (Fsp3) is 0.538. The highest BCUT2D eigenvalue weighted by molar-refractivity contribution is 8.00. The van der Waals surface area contributed by atoms with Crippen LogP contribution >= 0.6 is 23.4 Å². The maximum Gasteiger partial charge on any atom is 0.234 e. The molecule has 0 radical (unpaired) electrons. The van der Waals surface area contributed by atoms with Gasteiger partial charge in [-0.3, -0.25) is 4.79 Å². The molecule has 1 N–H and O–H groups in total. The highest BCUT2D eigenvalue weighted by Gasteiger charge is 2.15. The average Bonchev–Trinajstić information content (AvgIpc) is 2.45. The molecule has 4 nitrogen and oxygen atoms in total. The maximum atomic E-state index is 13.5. The van der Waals surface area contributed by atoms with Gasteiger partial charge in [0.2, 0.25) is 5.91 Å². The Morgan fingerprint density at radius 1 is 1.60 bits per heavy atom. The summed E-state index contributed by atoms with van der Waals surface area (Å²) in [5.74, 6) is 0.0850. The normalized spacial score (nSPS) is 18.8. The minimum atomic E-state index is -0.705. The van der Waals surface area contributed by atoms with Crippen molar-refractivity contribution in [2.75, 3.05) is 23.4 Å². The molecule has 0 saturated carbocycles. The Labute approximate surface area is 126 Å². The number of anilines is 1. The van der Waals surface area contributed by atoms with Gasteiger partial charge in [0.05, 0.1) is 17.5 Å². The van der Waals surface area contributed by atoms with E-state index in [-0.39, 0.29) is 28.6 Å². The number of ether oxygens (including phenoxy) is 1. The topological polar surface area (TPSA) is 51.2 Å². The van der Waals surface area contributed by atoms with Crippen LogP contribution in [0.1, 0.15) is 19.3 Å². The van der Waals surface area contributed by atoms with Crippen molar-refractivity contribution in [3.05, 3.63) is 23.2 Å². The Morgan fingerprint density at radius 3 is 3.20 bits per heavy atom. The first-order valence-corrected chi connectivity index (χ1v) is 7.99. The molecule has 1 aliphatic heterocycles. The molecule has 0 aliphatic carbocycles. The Morgan fingerprint density at radius 2 is 2.45 bits per heavy atom. The molecule has 1 aliphatic rings. The van der Waals surface area contributed by atoms with E-state index in [1.807, 2.05) is 0 Å². The van der Waals surface area contributed by atoms with E-state index in [1.165, 1.54) is 30.4 Å². The fourth-order valence-electron chi connectivity index (χ4n) is 1.92. The molecule has 0 bridgehead atoms. The summed E-state index contributed by atoms with van der Waals surface area (Å²) in [6.07, 6.45) is 4.92. The molecule has 1 amide bonds. The molecular formula is C13H16ClFN2O2S. The van der Waals surface area contributed by atoms with Crippen LogP contribution in [0.4, 0.5) is 10.1 Å². The smallest absolute Gasteiger partial charge is 0.234 e. The van der Waals surface area contributed by atoms with E-state index >= 15 is 0 Å². The van der Waals surface area contributed by atoms with Gasteiger partial charge in [0.25, 0.3) is 0 Å². The van der Waals surface area contributed by atoms with E-state index in [4.69, 9.17) is 16.3 Å². The summed E-state index contributed by atoms with van der Waals surface area (Å²) in [6.45, 7) is 0.804. The Kier molecular flexibility index (Phi) is 6.06. The number of thioether (sulfide) groups is 1. The van der Waals surface area contributed by atoms with Gasteiger partial charge < -0.3 is 10.1 Å². The van der Waals surface area contributed by atoms with Crippen molar-refractivity contribution in [2.45, 2.75) is 25.4 Å². The number of rotatable bonds is 5. The number of carbonyl (C=O) groups is 1. The van der Waals surface area contributed by atoms with Crippen molar-refractivity contribution in [2.24, 2.45) is 0 Å². The predicted octanol–water partition coefficient (Wildman–Crippen LogP) is 3.11. The zero-order chi connectivity index (χ0) is 14.4. The van der Waals surface area contributed by atoms with Crippen LogP contribution in [0, 0.1) is 5.82 Å². The van der Waals surface area contributed by atoms with Crippen LogP contribution in [0.2, 0.25) is 5.15 Å². The van der Waals surface area contributed by atoms with E-state index in [1.54, 1.807) is 0 Å². The highest BCUT2D eigenvalue weighted by Crippen LogP contribution is 2.20. The molecule has 0 aromatic carbocycles. The minimum absolute atomic E-state index is 0.0597. The van der Waals surface area contributed by atoms with E-state index in [0.29, 0.717) is 0 Å². The lowest BCUT2D eigenvalue weighted by Gasteiger charge is -2.21. The van der Waals surface area contributed by atoms with E-state index < -0.39 is 5.82 Å². The zero-order valence-corrected chi connectivity index (χ0v) is 12.5. The summed E-state index contributed by atoms with van der Waals surface area (Å²) >= 11 is 7.03. The highest BCUT2D eigenvalue weighted by atomic mass is 35.5. The van der Waals surface area contributed by atoms with Gasteiger partial charge in [-0.25, -0.2) is 9.37 Å². The first-order valence-electron chi connectivity index (χ1n) is 6.46. The van der Waals surface area contributed by atoms with Crippen molar-refractivity contribution in [1.82, 2.24) is 4.98 Å². The largest absolute Gasteiger partial charge is 0.377 e. The molecule has 1 aromatic heterocycles. The Balaban J connectivity index is 1.73. The fourth-order valence-corrected chi connectivity index (χ4v) is 2.98. The standard InChI is InChI=1S/C13H16ClFN2O2S/c14-13-12(15)10(4-5-16-13)17-11(18)8-20-7-9-3-1-2-6-19-9/h4-5,9H,1-3,6-8H2,(H,16,17,18). The Bertz CT molecular complexity index is 470. The van der Waals surface area contributed by atoms with Crippen molar-refractivity contribution in [3.63, 3.8) is 0 Å². The average molecular weight is 319 g/mol. The van der Waals surface area contributed by atoms with Gasteiger partial charge in [-0.1, -0.05) is 11.6 Å². The number of aromatic nitrogens is 1. The minimum Gasteiger partial charge on any atom is -0.377 e. The number of hydrogen-bond acceptors (Lipinski definition) is 4. The van der Waals surface area contributed by atoms with Gasteiger partial charge in [-0.15, -0.1) is 11.8 Å². The van der Waals surface area contributed by atoms with Gasteiger partial charge in [-0.05, 0) is 25.3 Å². The van der Waals surface area contributed by atoms with E-state index in [2.05, 4.69) is 10.3 Å².